The lowest BCUT2D eigenvalue weighted by Gasteiger charge is -2.09. The van der Waals surface area contributed by atoms with Gasteiger partial charge in [0.15, 0.2) is 0 Å². The fraction of sp³-hybridized carbons (Fsp3) is 0.545. The molecule has 1 unspecified atom stereocenters. The molecule has 0 bridgehead atoms. The highest BCUT2D eigenvalue weighted by Gasteiger charge is 2.29. The molecule has 1 aliphatic carbocycles. The number of amides is 1. The Labute approximate surface area is 102 Å². The van der Waals surface area contributed by atoms with Crippen LogP contribution < -0.4 is 5.32 Å². The van der Waals surface area contributed by atoms with Crippen molar-refractivity contribution in [1.29, 1.82) is 0 Å². The number of alkyl halides is 1. The van der Waals surface area contributed by atoms with Crippen molar-refractivity contribution in [2.45, 2.75) is 24.6 Å². The number of rotatable bonds is 4. The molecule has 2 rings (SSSR count). The van der Waals surface area contributed by atoms with Crippen molar-refractivity contribution in [2.75, 3.05) is 6.54 Å². The summed E-state index contributed by atoms with van der Waals surface area (Å²) in [7, 11) is 0. The number of thiophene rings is 1. The zero-order valence-electron chi connectivity index (χ0n) is 8.63. The van der Waals surface area contributed by atoms with Gasteiger partial charge in [0.1, 0.15) is 0 Å². The number of halogens is 1. The number of carbonyl (C=O) groups is 1. The highest BCUT2D eigenvalue weighted by molar-refractivity contribution is 9.09. The second-order valence-electron chi connectivity index (χ2n) is 4.03. The van der Waals surface area contributed by atoms with Gasteiger partial charge in [-0.15, -0.1) is 0 Å². The van der Waals surface area contributed by atoms with Gasteiger partial charge in [-0.2, -0.15) is 11.3 Å². The predicted molar refractivity (Wildman–Crippen MR) is 66.8 cm³/mol. The fourth-order valence-electron chi connectivity index (χ4n) is 1.50. The Morgan fingerprint density at radius 3 is 2.93 bits per heavy atom. The maximum Gasteiger partial charge on any atom is 0.252 e. The van der Waals surface area contributed by atoms with Crippen molar-refractivity contribution in [1.82, 2.24) is 5.32 Å². The molecule has 1 aromatic heterocycles. The van der Waals surface area contributed by atoms with Gasteiger partial charge in [0.25, 0.3) is 5.91 Å². The lowest BCUT2D eigenvalue weighted by Crippen LogP contribution is -2.30. The molecule has 1 N–H and O–H groups in total. The molecule has 15 heavy (non-hydrogen) atoms. The molecule has 0 aliphatic heterocycles. The van der Waals surface area contributed by atoms with Crippen LogP contribution in [0.3, 0.4) is 0 Å². The molecule has 1 fully saturated rings. The van der Waals surface area contributed by atoms with E-state index in [9.17, 15) is 4.79 Å². The van der Waals surface area contributed by atoms with Crippen molar-refractivity contribution in [3.8, 4) is 0 Å². The lowest BCUT2D eigenvalue weighted by molar-refractivity contribution is 0.0953. The van der Waals surface area contributed by atoms with Gasteiger partial charge >= 0.3 is 0 Å². The van der Waals surface area contributed by atoms with Gasteiger partial charge in [0.05, 0.1) is 5.56 Å². The second-order valence-corrected chi connectivity index (χ2v) is 5.95. The van der Waals surface area contributed by atoms with Crippen LogP contribution in [0.1, 0.15) is 28.8 Å². The topological polar surface area (TPSA) is 29.1 Å². The first kappa shape index (κ1) is 11.1. The molecule has 1 saturated carbocycles. The Hall–Kier alpha value is -0.350. The number of nitrogens with one attached hydrogen (secondary N) is 1. The van der Waals surface area contributed by atoms with E-state index in [2.05, 4.69) is 21.2 Å². The third-order valence-electron chi connectivity index (χ3n) is 2.69. The SMILES string of the molecule is Cc1cscc1C(=O)NCC(Br)C1CC1. The molecule has 1 amide bonds. The summed E-state index contributed by atoms with van der Waals surface area (Å²) >= 11 is 5.18. The van der Waals surface area contributed by atoms with Gasteiger partial charge < -0.3 is 5.32 Å². The smallest absolute Gasteiger partial charge is 0.252 e. The van der Waals surface area contributed by atoms with Gasteiger partial charge in [-0.05, 0) is 36.6 Å². The van der Waals surface area contributed by atoms with Crippen LogP contribution in [0.25, 0.3) is 0 Å². The van der Waals surface area contributed by atoms with Crippen molar-refractivity contribution in [2.24, 2.45) is 5.92 Å². The molecule has 0 aromatic carbocycles. The normalized spacial score (nSPS) is 17.5. The van der Waals surface area contributed by atoms with E-state index in [1.165, 1.54) is 12.8 Å². The summed E-state index contributed by atoms with van der Waals surface area (Å²) in [6, 6.07) is 0. The maximum atomic E-state index is 11.7. The summed E-state index contributed by atoms with van der Waals surface area (Å²) in [6.45, 7) is 2.71. The van der Waals surface area contributed by atoms with Crippen LogP contribution >= 0.6 is 27.3 Å². The van der Waals surface area contributed by atoms with Crippen molar-refractivity contribution >= 4 is 33.2 Å². The first-order valence-corrected chi connectivity index (χ1v) is 6.99. The molecule has 0 spiro atoms. The summed E-state index contributed by atoms with van der Waals surface area (Å²) < 4.78 is 0. The average Bonchev–Trinajstić information content (AvgIpc) is 2.98. The molecule has 0 radical (unpaired) electrons. The van der Waals surface area contributed by atoms with Gasteiger partial charge in [-0.3, -0.25) is 4.79 Å². The third-order valence-corrected chi connectivity index (χ3v) is 4.62. The fourth-order valence-corrected chi connectivity index (χ4v) is 3.02. The second kappa shape index (κ2) is 4.66. The predicted octanol–water partition coefficient (Wildman–Crippen LogP) is 2.96. The Bertz CT molecular complexity index is 359. The van der Waals surface area contributed by atoms with Crippen molar-refractivity contribution in [3.05, 3.63) is 21.9 Å². The summed E-state index contributed by atoms with van der Waals surface area (Å²) in [5.74, 6) is 0.827. The quantitative estimate of drug-likeness (QED) is 0.848. The zero-order chi connectivity index (χ0) is 10.8. The first-order chi connectivity index (χ1) is 7.18. The van der Waals surface area contributed by atoms with Crippen LogP contribution in [0.2, 0.25) is 0 Å². The van der Waals surface area contributed by atoms with Crippen LogP contribution in [0.5, 0.6) is 0 Å². The van der Waals surface area contributed by atoms with Crippen LogP contribution in [-0.4, -0.2) is 17.3 Å². The average molecular weight is 288 g/mol. The minimum absolute atomic E-state index is 0.0545. The molecule has 1 atom stereocenters. The van der Waals surface area contributed by atoms with E-state index in [0.717, 1.165) is 23.6 Å². The Kier molecular flexibility index (Phi) is 3.46. The largest absolute Gasteiger partial charge is 0.351 e. The van der Waals surface area contributed by atoms with E-state index in [1.807, 2.05) is 17.7 Å². The van der Waals surface area contributed by atoms with Crippen molar-refractivity contribution in [3.63, 3.8) is 0 Å². The monoisotopic (exact) mass is 287 g/mol. The van der Waals surface area contributed by atoms with E-state index in [0.29, 0.717) is 4.83 Å². The highest BCUT2D eigenvalue weighted by atomic mass is 79.9. The number of hydrogen-bond donors (Lipinski definition) is 1. The molecule has 1 aromatic rings. The lowest BCUT2D eigenvalue weighted by atomic mass is 10.2. The molecule has 1 aliphatic rings. The minimum atomic E-state index is 0.0545. The molecule has 4 heteroatoms. The van der Waals surface area contributed by atoms with Gasteiger partial charge in [-0.25, -0.2) is 0 Å². The standard InChI is InChI=1S/C11H14BrNOS/c1-7-5-15-6-9(7)11(14)13-4-10(12)8-2-3-8/h5-6,8,10H,2-4H2,1H3,(H,13,14). The zero-order valence-corrected chi connectivity index (χ0v) is 11.0. The Morgan fingerprint density at radius 2 is 2.40 bits per heavy atom. The van der Waals surface area contributed by atoms with Crippen molar-refractivity contribution < 1.29 is 4.79 Å². The van der Waals surface area contributed by atoms with E-state index in [4.69, 9.17) is 0 Å². The van der Waals surface area contributed by atoms with E-state index in [1.54, 1.807) is 11.3 Å². The van der Waals surface area contributed by atoms with Gasteiger partial charge in [-0.1, -0.05) is 15.9 Å². The first-order valence-electron chi connectivity index (χ1n) is 5.13. The van der Waals surface area contributed by atoms with E-state index in [-0.39, 0.29) is 5.91 Å². The summed E-state index contributed by atoms with van der Waals surface area (Å²) in [5, 5.41) is 6.88. The third kappa shape index (κ3) is 2.82. The molecular weight excluding hydrogens is 274 g/mol. The number of hydrogen-bond acceptors (Lipinski definition) is 2. The maximum absolute atomic E-state index is 11.7. The minimum Gasteiger partial charge on any atom is -0.351 e. The Balaban J connectivity index is 1.84. The van der Waals surface area contributed by atoms with E-state index >= 15 is 0 Å². The molecule has 0 saturated heterocycles. The Morgan fingerprint density at radius 1 is 1.67 bits per heavy atom. The summed E-state index contributed by atoms with van der Waals surface area (Å²) in [6.07, 6.45) is 2.59. The number of carbonyl (C=O) groups excluding carboxylic acids is 1. The summed E-state index contributed by atoms with van der Waals surface area (Å²) in [5.41, 5.74) is 1.88. The van der Waals surface area contributed by atoms with Gasteiger partial charge in [0.2, 0.25) is 0 Å². The van der Waals surface area contributed by atoms with Gasteiger partial charge in [0, 0.05) is 16.8 Å². The van der Waals surface area contributed by atoms with Crippen LogP contribution in [0.15, 0.2) is 10.8 Å². The molecule has 1 heterocycles. The molecule has 2 nitrogen and oxygen atoms in total. The number of aryl methyl sites for hydroxylation is 1. The highest BCUT2D eigenvalue weighted by Crippen LogP contribution is 2.36. The molecular formula is C11H14BrNOS. The molecule has 82 valence electrons. The summed E-state index contributed by atoms with van der Waals surface area (Å²) in [4.78, 5) is 12.2. The van der Waals surface area contributed by atoms with Crippen LogP contribution in [0, 0.1) is 12.8 Å². The van der Waals surface area contributed by atoms with E-state index < -0.39 is 0 Å². The van der Waals surface area contributed by atoms with Crippen LogP contribution in [-0.2, 0) is 0 Å². The van der Waals surface area contributed by atoms with Crippen LogP contribution in [0.4, 0.5) is 0 Å².